The number of hydrogen-bond acceptors (Lipinski definition) is 6. The summed E-state index contributed by atoms with van der Waals surface area (Å²) in [5, 5.41) is 9.49. The van der Waals surface area contributed by atoms with Crippen molar-refractivity contribution >= 4 is 11.9 Å². The molecule has 202 valence electrons. The van der Waals surface area contributed by atoms with Gasteiger partial charge in [0.05, 0.1) is 11.6 Å². The number of benzene rings is 2. The van der Waals surface area contributed by atoms with Gasteiger partial charge in [-0.15, -0.1) is 0 Å². The number of nitrogens with zero attached hydrogens (tertiary/aromatic N) is 4. The Morgan fingerprint density at radius 1 is 1.05 bits per heavy atom. The number of carbonyl (C=O) groups excluding carboxylic acids is 1. The number of aromatic nitrogens is 4. The van der Waals surface area contributed by atoms with Gasteiger partial charge < -0.3 is 16.0 Å². The zero-order valence-corrected chi connectivity index (χ0v) is 21.2. The van der Waals surface area contributed by atoms with Crippen LogP contribution < -0.4 is 16.0 Å². The third kappa shape index (κ3) is 6.26. The molecule has 0 saturated carbocycles. The Hall–Kier alpha value is -4.25. The van der Waals surface area contributed by atoms with E-state index in [9.17, 15) is 18.0 Å². The maximum Gasteiger partial charge on any atom is 0.416 e. The van der Waals surface area contributed by atoms with Crippen molar-refractivity contribution in [3.63, 3.8) is 0 Å². The first-order valence-corrected chi connectivity index (χ1v) is 12.7. The summed E-state index contributed by atoms with van der Waals surface area (Å²) in [6, 6.07) is 16.2. The first-order valence-electron chi connectivity index (χ1n) is 12.7. The second-order valence-corrected chi connectivity index (χ2v) is 9.41. The van der Waals surface area contributed by atoms with E-state index in [0.717, 1.165) is 43.6 Å². The van der Waals surface area contributed by atoms with E-state index in [0.29, 0.717) is 11.8 Å². The van der Waals surface area contributed by atoms with Crippen molar-refractivity contribution in [2.75, 3.05) is 18.4 Å². The number of alkyl halides is 3. The van der Waals surface area contributed by atoms with Gasteiger partial charge in [-0.05, 0) is 56.6 Å². The van der Waals surface area contributed by atoms with Gasteiger partial charge in [-0.1, -0.05) is 42.5 Å². The van der Waals surface area contributed by atoms with Crippen LogP contribution in [0.2, 0.25) is 0 Å². The maximum absolute atomic E-state index is 13.5. The van der Waals surface area contributed by atoms with Crippen LogP contribution in [-0.2, 0) is 6.18 Å². The van der Waals surface area contributed by atoms with Crippen LogP contribution in [0.25, 0.3) is 17.2 Å². The van der Waals surface area contributed by atoms with Crippen molar-refractivity contribution in [3.05, 3.63) is 89.9 Å². The predicted molar refractivity (Wildman–Crippen MR) is 141 cm³/mol. The molecule has 2 aromatic carbocycles. The minimum atomic E-state index is -4.53. The summed E-state index contributed by atoms with van der Waals surface area (Å²) in [6.07, 6.45) is 0.0923. The predicted octanol–water partition coefficient (Wildman–Crippen LogP) is 5.00. The van der Waals surface area contributed by atoms with E-state index < -0.39 is 11.7 Å². The summed E-state index contributed by atoms with van der Waals surface area (Å²) in [7, 11) is 0. The van der Waals surface area contributed by atoms with Gasteiger partial charge in [-0.25, -0.2) is 9.97 Å². The Morgan fingerprint density at radius 3 is 2.56 bits per heavy atom. The van der Waals surface area contributed by atoms with E-state index in [1.165, 1.54) is 22.9 Å². The van der Waals surface area contributed by atoms with E-state index in [2.05, 4.69) is 30.9 Å². The Labute approximate surface area is 223 Å². The lowest BCUT2D eigenvalue weighted by molar-refractivity contribution is -0.137. The van der Waals surface area contributed by atoms with Crippen LogP contribution in [0.5, 0.6) is 0 Å². The van der Waals surface area contributed by atoms with Crippen LogP contribution in [-0.4, -0.2) is 44.6 Å². The molecular weight excluding hydrogens is 507 g/mol. The van der Waals surface area contributed by atoms with Crippen molar-refractivity contribution in [3.8, 4) is 17.2 Å². The number of hydrogen-bond donors (Lipinski definition) is 3. The van der Waals surface area contributed by atoms with Crippen molar-refractivity contribution in [1.82, 2.24) is 30.2 Å². The maximum atomic E-state index is 13.5. The van der Waals surface area contributed by atoms with Crippen molar-refractivity contribution in [2.24, 2.45) is 0 Å². The highest BCUT2D eigenvalue weighted by molar-refractivity contribution is 5.93. The third-order valence-corrected chi connectivity index (χ3v) is 6.59. The zero-order chi connectivity index (χ0) is 27.4. The van der Waals surface area contributed by atoms with Crippen LogP contribution in [0.1, 0.15) is 47.4 Å². The zero-order valence-electron chi connectivity index (χ0n) is 21.2. The van der Waals surface area contributed by atoms with Gasteiger partial charge in [0.25, 0.3) is 5.91 Å². The topological polar surface area (TPSA) is 96.8 Å². The minimum absolute atomic E-state index is 0.00441. The Morgan fingerprint density at radius 2 is 1.82 bits per heavy atom. The highest BCUT2D eigenvalue weighted by Crippen LogP contribution is 2.32. The lowest BCUT2D eigenvalue weighted by Crippen LogP contribution is -2.42. The molecule has 2 aromatic heterocycles. The van der Waals surface area contributed by atoms with Crippen LogP contribution in [0, 0.1) is 0 Å². The van der Waals surface area contributed by atoms with Crippen molar-refractivity contribution < 1.29 is 18.0 Å². The fraction of sp³-hybridized carbons (Fsp3) is 0.286. The van der Waals surface area contributed by atoms with Gasteiger partial charge in [0.15, 0.2) is 0 Å². The van der Waals surface area contributed by atoms with Gasteiger partial charge in [0.2, 0.25) is 5.95 Å². The Balaban J connectivity index is 1.51. The van der Waals surface area contributed by atoms with Crippen LogP contribution in [0.4, 0.5) is 19.1 Å². The smallest absolute Gasteiger partial charge is 0.348 e. The first kappa shape index (κ1) is 26.4. The number of rotatable bonds is 7. The van der Waals surface area contributed by atoms with E-state index in [-0.39, 0.29) is 35.1 Å². The Kier molecular flexibility index (Phi) is 7.60. The van der Waals surface area contributed by atoms with Gasteiger partial charge in [-0.2, -0.15) is 18.2 Å². The van der Waals surface area contributed by atoms with Crippen LogP contribution in [0.15, 0.2) is 73.1 Å². The highest BCUT2D eigenvalue weighted by atomic mass is 19.4. The molecule has 1 fully saturated rings. The average molecular weight is 536 g/mol. The number of carbonyl (C=O) groups is 1. The molecule has 1 aliphatic rings. The summed E-state index contributed by atoms with van der Waals surface area (Å²) in [5.74, 6) is 0.457. The molecule has 11 heteroatoms. The fourth-order valence-corrected chi connectivity index (χ4v) is 4.50. The quantitative estimate of drug-likeness (QED) is 0.308. The van der Waals surface area contributed by atoms with Crippen LogP contribution >= 0.6 is 0 Å². The van der Waals surface area contributed by atoms with Gasteiger partial charge in [-0.3, -0.25) is 9.36 Å². The number of amides is 1. The molecular formula is C28H28F3N7O. The molecule has 3 heterocycles. The number of anilines is 1. The van der Waals surface area contributed by atoms with E-state index in [1.54, 1.807) is 12.3 Å². The number of imidazole rings is 1. The van der Waals surface area contributed by atoms with E-state index in [4.69, 9.17) is 0 Å². The molecule has 1 amide bonds. The molecule has 0 spiro atoms. The fourth-order valence-electron chi connectivity index (χ4n) is 4.50. The molecule has 0 aliphatic carbocycles. The largest absolute Gasteiger partial charge is 0.416 e. The van der Waals surface area contributed by atoms with Crippen LogP contribution in [0.3, 0.4) is 0 Å². The van der Waals surface area contributed by atoms with Gasteiger partial charge in [0, 0.05) is 24.0 Å². The summed E-state index contributed by atoms with van der Waals surface area (Å²) >= 11 is 0. The molecule has 4 aromatic rings. The summed E-state index contributed by atoms with van der Waals surface area (Å²) in [5.41, 5.74) is 0.524. The Bertz CT molecular complexity index is 1430. The third-order valence-electron chi connectivity index (χ3n) is 6.59. The normalized spacial score (nSPS) is 15.1. The number of nitrogens with one attached hydrogen (secondary N) is 3. The monoisotopic (exact) mass is 535 g/mol. The molecule has 0 radical (unpaired) electrons. The summed E-state index contributed by atoms with van der Waals surface area (Å²) < 4.78 is 42.0. The number of piperidine rings is 1. The van der Waals surface area contributed by atoms with Crippen molar-refractivity contribution in [2.45, 2.75) is 38.0 Å². The SMILES string of the molecule is C[C@H](Nc1nccc(-n2cc(C(=O)NC3CCNCC3)nc2-c2cccc(C(F)(F)F)c2)n1)c1ccccc1. The molecule has 0 unspecified atom stereocenters. The minimum Gasteiger partial charge on any atom is -0.348 e. The first-order chi connectivity index (χ1) is 18.8. The molecule has 3 N–H and O–H groups in total. The molecule has 1 aliphatic heterocycles. The second-order valence-electron chi connectivity index (χ2n) is 9.41. The molecule has 1 saturated heterocycles. The van der Waals surface area contributed by atoms with E-state index in [1.807, 2.05) is 37.3 Å². The van der Waals surface area contributed by atoms with Gasteiger partial charge in [0.1, 0.15) is 17.3 Å². The highest BCUT2D eigenvalue weighted by Gasteiger charge is 2.31. The second kappa shape index (κ2) is 11.2. The standard InChI is InChI=1S/C28H28F3N7O/c1-18(19-6-3-2-4-7-19)34-27-33-15-12-24(37-27)38-17-23(26(39)35-22-10-13-32-14-11-22)36-25(38)20-8-5-9-21(16-20)28(29,30)31/h2-9,12,15-18,22,32H,10-11,13-14H2,1H3,(H,35,39)(H,33,34,37)/t18-/m0/s1. The average Bonchev–Trinajstić information content (AvgIpc) is 3.40. The van der Waals surface area contributed by atoms with E-state index >= 15 is 0 Å². The molecule has 0 bridgehead atoms. The summed E-state index contributed by atoms with van der Waals surface area (Å²) in [6.45, 7) is 3.57. The lowest BCUT2D eigenvalue weighted by atomic mass is 10.1. The molecule has 39 heavy (non-hydrogen) atoms. The molecule has 1 atom stereocenters. The summed E-state index contributed by atoms with van der Waals surface area (Å²) in [4.78, 5) is 26.5. The van der Waals surface area contributed by atoms with Gasteiger partial charge >= 0.3 is 6.18 Å². The molecule has 5 rings (SSSR count). The number of halogens is 3. The lowest BCUT2D eigenvalue weighted by Gasteiger charge is -2.23. The molecule has 8 nitrogen and oxygen atoms in total. The van der Waals surface area contributed by atoms with Crippen molar-refractivity contribution in [1.29, 1.82) is 0 Å².